The van der Waals surface area contributed by atoms with Crippen LogP contribution in [0.2, 0.25) is 0 Å². The summed E-state index contributed by atoms with van der Waals surface area (Å²) in [6.45, 7) is 7.01. The van der Waals surface area contributed by atoms with E-state index in [4.69, 9.17) is 0 Å². The maximum atomic E-state index is 12.6. The van der Waals surface area contributed by atoms with Crippen molar-refractivity contribution >= 4 is 39.6 Å². The van der Waals surface area contributed by atoms with E-state index in [1.165, 1.54) is 28.2 Å². The number of aromatic nitrogens is 1. The summed E-state index contributed by atoms with van der Waals surface area (Å²) in [5.41, 5.74) is 3.11. The van der Waals surface area contributed by atoms with Crippen molar-refractivity contribution in [2.45, 2.75) is 13.8 Å². The van der Waals surface area contributed by atoms with Crippen molar-refractivity contribution in [3.8, 4) is 11.3 Å². The lowest BCUT2D eigenvalue weighted by Crippen LogP contribution is -2.50. The van der Waals surface area contributed by atoms with E-state index in [1.54, 1.807) is 0 Å². The van der Waals surface area contributed by atoms with Gasteiger partial charge < -0.3 is 10.2 Å². The lowest BCUT2D eigenvalue weighted by atomic mass is 10.1. The quantitative estimate of drug-likeness (QED) is 0.654. The van der Waals surface area contributed by atoms with Crippen molar-refractivity contribution in [1.82, 2.24) is 14.8 Å². The molecular formula is C22H24N4O2S2. The second kappa shape index (κ2) is 9.07. The number of carbonyl (C=O) groups excluding carboxylic acids is 2. The lowest BCUT2D eigenvalue weighted by molar-refractivity contribution is -0.117. The molecule has 156 valence electrons. The van der Waals surface area contributed by atoms with Crippen LogP contribution in [0.25, 0.3) is 11.3 Å². The number of amides is 2. The molecule has 1 aromatic carbocycles. The summed E-state index contributed by atoms with van der Waals surface area (Å²) in [7, 11) is 0. The summed E-state index contributed by atoms with van der Waals surface area (Å²) in [6, 6.07) is 12.0. The molecule has 0 saturated carbocycles. The van der Waals surface area contributed by atoms with Crippen molar-refractivity contribution in [2.75, 3.05) is 38.0 Å². The number of carbonyl (C=O) groups is 2. The van der Waals surface area contributed by atoms with E-state index in [2.05, 4.69) is 34.3 Å². The van der Waals surface area contributed by atoms with Gasteiger partial charge in [0.1, 0.15) is 0 Å². The van der Waals surface area contributed by atoms with Crippen LogP contribution in [0.4, 0.5) is 5.13 Å². The van der Waals surface area contributed by atoms with E-state index in [1.807, 2.05) is 41.5 Å². The van der Waals surface area contributed by atoms with Crippen LogP contribution in [0, 0.1) is 13.8 Å². The van der Waals surface area contributed by atoms with Crippen molar-refractivity contribution in [3.05, 3.63) is 57.1 Å². The summed E-state index contributed by atoms with van der Waals surface area (Å²) in [4.78, 5) is 35.4. The molecule has 8 heteroatoms. The number of thiazole rings is 1. The monoisotopic (exact) mass is 440 g/mol. The normalized spacial score (nSPS) is 14.7. The fourth-order valence-corrected chi connectivity index (χ4v) is 4.94. The number of benzene rings is 1. The second-order valence-electron chi connectivity index (χ2n) is 7.43. The molecule has 0 atom stereocenters. The molecular weight excluding hydrogens is 416 g/mol. The van der Waals surface area contributed by atoms with E-state index < -0.39 is 0 Å². The topological polar surface area (TPSA) is 65.5 Å². The van der Waals surface area contributed by atoms with Gasteiger partial charge in [-0.2, -0.15) is 0 Å². The Morgan fingerprint density at radius 3 is 2.43 bits per heavy atom. The Balaban J connectivity index is 1.26. The average Bonchev–Trinajstić information content (AvgIpc) is 3.38. The largest absolute Gasteiger partial charge is 0.335 e. The molecule has 1 fully saturated rings. The minimum Gasteiger partial charge on any atom is -0.335 e. The van der Waals surface area contributed by atoms with Crippen LogP contribution in [0.15, 0.2) is 41.8 Å². The third-order valence-corrected chi connectivity index (χ3v) is 6.82. The first-order valence-electron chi connectivity index (χ1n) is 9.88. The van der Waals surface area contributed by atoms with Gasteiger partial charge >= 0.3 is 0 Å². The number of nitrogens with one attached hydrogen (secondary N) is 1. The first-order valence-corrected chi connectivity index (χ1v) is 11.6. The second-order valence-corrected chi connectivity index (χ2v) is 9.58. The minimum atomic E-state index is -0.0755. The zero-order valence-electron chi connectivity index (χ0n) is 17.1. The van der Waals surface area contributed by atoms with Crippen molar-refractivity contribution in [1.29, 1.82) is 0 Å². The Morgan fingerprint density at radius 2 is 1.77 bits per heavy atom. The SMILES string of the molecule is Cc1ccc(-c2csc(NC(=O)CN3CCN(C(=O)c4ccc(C)s4)CC3)n2)cc1. The van der Waals surface area contributed by atoms with Crippen LogP contribution >= 0.6 is 22.7 Å². The summed E-state index contributed by atoms with van der Waals surface area (Å²) in [5.74, 6) is 0.0112. The number of anilines is 1. The van der Waals surface area contributed by atoms with Crippen molar-refractivity contribution in [3.63, 3.8) is 0 Å². The molecule has 3 heterocycles. The van der Waals surface area contributed by atoms with Crippen LogP contribution < -0.4 is 5.32 Å². The highest BCUT2D eigenvalue weighted by atomic mass is 32.1. The molecule has 6 nitrogen and oxygen atoms in total. The third kappa shape index (κ3) is 4.95. The molecule has 0 radical (unpaired) electrons. The number of hydrogen-bond acceptors (Lipinski definition) is 6. The molecule has 1 N–H and O–H groups in total. The summed E-state index contributed by atoms with van der Waals surface area (Å²) >= 11 is 2.96. The molecule has 0 spiro atoms. The van der Waals surface area contributed by atoms with Gasteiger partial charge in [-0.25, -0.2) is 4.98 Å². The van der Waals surface area contributed by atoms with E-state index in [-0.39, 0.29) is 11.8 Å². The number of nitrogens with zero attached hydrogens (tertiary/aromatic N) is 3. The molecule has 0 aliphatic carbocycles. The van der Waals surface area contributed by atoms with Crippen LogP contribution in [0.1, 0.15) is 20.1 Å². The Bertz CT molecular complexity index is 1030. The van der Waals surface area contributed by atoms with Gasteiger partial charge in [-0.1, -0.05) is 29.8 Å². The number of piperazine rings is 1. The Morgan fingerprint density at radius 1 is 1.03 bits per heavy atom. The number of rotatable bonds is 5. The highest BCUT2D eigenvalue weighted by Gasteiger charge is 2.24. The molecule has 2 amide bonds. The smallest absolute Gasteiger partial charge is 0.264 e. The maximum Gasteiger partial charge on any atom is 0.264 e. The molecule has 2 aromatic heterocycles. The van der Waals surface area contributed by atoms with Crippen LogP contribution in [-0.2, 0) is 4.79 Å². The predicted octanol–water partition coefficient (Wildman–Crippen LogP) is 3.88. The molecule has 1 saturated heterocycles. The summed E-state index contributed by atoms with van der Waals surface area (Å²) in [6.07, 6.45) is 0. The summed E-state index contributed by atoms with van der Waals surface area (Å²) < 4.78 is 0. The van der Waals surface area contributed by atoms with Gasteiger partial charge in [0.15, 0.2) is 5.13 Å². The Kier molecular flexibility index (Phi) is 6.26. The van der Waals surface area contributed by atoms with Crippen molar-refractivity contribution in [2.24, 2.45) is 0 Å². The number of thiophene rings is 1. The first-order chi connectivity index (χ1) is 14.5. The predicted molar refractivity (Wildman–Crippen MR) is 122 cm³/mol. The van der Waals surface area contributed by atoms with E-state index >= 15 is 0 Å². The minimum absolute atomic E-state index is 0.0755. The molecule has 0 unspecified atom stereocenters. The van der Waals surface area contributed by atoms with Gasteiger partial charge in [-0.3, -0.25) is 14.5 Å². The standard InChI is InChI=1S/C22H24N4O2S2/c1-15-3-6-17(7-4-15)18-14-29-22(23-18)24-20(27)13-25-9-11-26(12-10-25)21(28)19-8-5-16(2)30-19/h3-8,14H,9-13H2,1-2H3,(H,23,24,27). The van der Waals surface area contributed by atoms with Gasteiger partial charge in [0, 0.05) is 42.0 Å². The van der Waals surface area contributed by atoms with E-state index in [0.717, 1.165) is 21.0 Å². The Labute approximate surface area is 184 Å². The molecule has 1 aliphatic heterocycles. The molecule has 4 rings (SSSR count). The van der Waals surface area contributed by atoms with Gasteiger partial charge in [0.2, 0.25) is 5.91 Å². The van der Waals surface area contributed by atoms with Crippen LogP contribution in [-0.4, -0.2) is 59.3 Å². The Hall–Kier alpha value is -2.55. The summed E-state index contributed by atoms with van der Waals surface area (Å²) in [5, 5.41) is 5.47. The fourth-order valence-electron chi connectivity index (χ4n) is 3.36. The van der Waals surface area contributed by atoms with E-state index in [0.29, 0.717) is 37.9 Å². The van der Waals surface area contributed by atoms with Gasteiger partial charge in [0.05, 0.1) is 17.1 Å². The van der Waals surface area contributed by atoms with Gasteiger partial charge in [-0.05, 0) is 26.0 Å². The van der Waals surface area contributed by atoms with Crippen LogP contribution in [0.3, 0.4) is 0 Å². The van der Waals surface area contributed by atoms with Crippen molar-refractivity contribution < 1.29 is 9.59 Å². The van der Waals surface area contributed by atoms with E-state index in [9.17, 15) is 9.59 Å². The zero-order valence-corrected chi connectivity index (χ0v) is 18.7. The highest BCUT2D eigenvalue weighted by molar-refractivity contribution is 7.14. The highest BCUT2D eigenvalue weighted by Crippen LogP contribution is 2.25. The maximum absolute atomic E-state index is 12.6. The number of aryl methyl sites for hydroxylation is 2. The lowest BCUT2D eigenvalue weighted by Gasteiger charge is -2.34. The third-order valence-electron chi connectivity index (χ3n) is 5.08. The molecule has 0 bridgehead atoms. The van der Waals surface area contributed by atoms with Gasteiger partial charge in [0.25, 0.3) is 5.91 Å². The molecule has 3 aromatic rings. The molecule has 1 aliphatic rings. The molecule has 30 heavy (non-hydrogen) atoms. The van der Waals surface area contributed by atoms with Crippen LogP contribution in [0.5, 0.6) is 0 Å². The average molecular weight is 441 g/mol. The number of hydrogen-bond donors (Lipinski definition) is 1. The zero-order chi connectivity index (χ0) is 21.1. The fraction of sp³-hybridized carbons (Fsp3) is 0.318. The van der Waals surface area contributed by atoms with Gasteiger partial charge in [-0.15, -0.1) is 22.7 Å². The first kappa shape index (κ1) is 20.7.